The van der Waals surface area contributed by atoms with Crippen LogP contribution in [0.25, 0.3) is 22.2 Å². The predicted molar refractivity (Wildman–Crippen MR) is 150 cm³/mol. The molecule has 1 saturated carbocycles. The molecule has 1 atom stereocenters. The number of anilines is 1. The first-order chi connectivity index (χ1) is 19.0. The van der Waals surface area contributed by atoms with Gasteiger partial charge in [-0.2, -0.15) is 5.26 Å². The summed E-state index contributed by atoms with van der Waals surface area (Å²) in [5, 5.41) is 11.1. The molecule has 2 aliphatic heterocycles. The highest BCUT2D eigenvalue weighted by Gasteiger charge is 2.28. The molecule has 1 radical (unpaired) electrons. The number of fused-ring (bicyclic) bond motifs is 1. The summed E-state index contributed by atoms with van der Waals surface area (Å²) in [4.78, 5) is 0. The summed E-state index contributed by atoms with van der Waals surface area (Å²) < 4.78 is 47.5. The molecule has 9 heteroatoms. The lowest BCUT2D eigenvalue weighted by atomic mass is 9.92. The van der Waals surface area contributed by atoms with E-state index in [1.54, 1.807) is 12.1 Å². The van der Waals surface area contributed by atoms with E-state index in [1.165, 1.54) is 5.75 Å². The van der Waals surface area contributed by atoms with E-state index in [1.807, 2.05) is 24.3 Å². The number of hydrogen-bond acceptors (Lipinski definition) is 6. The summed E-state index contributed by atoms with van der Waals surface area (Å²) in [6, 6.07) is 16.1. The third-order valence-electron chi connectivity index (χ3n) is 8.02. The molecule has 3 fully saturated rings. The van der Waals surface area contributed by atoms with E-state index in [-0.39, 0.29) is 12.2 Å². The van der Waals surface area contributed by atoms with Gasteiger partial charge in [-0.25, -0.2) is 8.42 Å². The first-order valence-corrected chi connectivity index (χ1v) is 15.5. The van der Waals surface area contributed by atoms with Crippen molar-refractivity contribution >= 4 is 26.6 Å². The van der Waals surface area contributed by atoms with Gasteiger partial charge in [-0.3, -0.25) is 4.72 Å². The number of rotatable bonds is 9. The van der Waals surface area contributed by atoms with Crippen LogP contribution >= 0.6 is 0 Å². The van der Waals surface area contributed by atoms with E-state index in [4.69, 9.17) is 14.2 Å². The number of benzene rings is 2. The molecule has 8 nitrogen and oxygen atoms in total. The van der Waals surface area contributed by atoms with Gasteiger partial charge in [-0.1, -0.05) is 12.1 Å². The van der Waals surface area contributed by atoms with Gasteiger partial charge in [0.05, 0.1) is 36.1 Å². The zero-order chi connectivity index (χ0) is 26.8. The Morgan fingerprint density at radius 3 is 2.49 bits per heavy atom. The average molecular weight is 549 g/mol. The minimum atomic E-state index is -3.60. The second kappa shape index (κ2) is 11.2. The van der Waals surface area contributed by atoms with Crippen molar-refractivity contribution in [3.63, 3.8) is 0 Å². The molecule has 6 rings (SSSR count). The predicted octanol–water partition coefficient (Wildman–Crippen LogP) is 5.94. The Morgan fingerprint density at radius 1 is 1.03 bits per heavy atom. The molecular formula is C30H34N3O5S. The zero-order valence-electron chi connectivity index (χ0n) is 22.0. The van der Waals surface area contributed by atoms with Crippen LogP contribution < -0.4 is 9.46 Å². The highest BCUT2D eigenvalue weighted by molar-refractivity contribution is 7.94. The Bertz CT molecular complexity index is 1460. The van der Waals surface area contributed by atoms with Gasteiger partial charge in [0.15, 0.2) is 0 Å². The van der Waals surface area contributed by atoms with E-state index in [2.05, 4.69) is 21.4 Å². The molecular weight excluding hydrogens is 514 g/mol. The highest BCUT2D eigenvalue weighted by atomic mass is 32.2. The van der Waals surface area contributed by atoms with Gasteiger partial charge in [0.2, 0.25) is 10.0 Å². The molecule has 0 amide bonds. The fourth-order valence-corrected chi connectivity index (χ4v) is 6.75. The quantitative estimate of drug-likeness (QED) is 0.355. The average Bonchev–Trinajstić information content (AvgIpc) is 3.54. The molecule has 3 aliphatic rings. The monoisotopic (exact) mass is 548 g/mol. The van der Waals surface area contributed by atoms with Crippen molar-refractivity contribution in [2.75, 3.05) is 24.5 Å². The van der Waals surface area contributed by atoms with Crippen molar-refractivity contribution in [2.45, 2.75) is 69.6 Å². The SMILES string of the molecule is N#Cc1c(-c2ccc(NS(=O)(=O)[CH]CC3CCCO3)cc2)n(C2CCC2)c2cc(OC3CCOCC3)ccc12. The molecule has 2 saturated heterocycles. The Kier molecular flexibility index (Phi) is 7.52. The van der Waals surface area contributed by atoms with Crippen molar-refractivity contribution in [2.24, 2.45) is 0 Å². The molecule has 1 N–H and O–H groups in total. The largest absolute Gasteiger partial charge is 0.490 e. The smallest absolute Gasteiger partial charge is 0.237 e. The van der Waals surface area contributed by atoms with Crippen LogP contribution in [0.4, 0.5) is 5.69 Å². The highest BCUT2D eigenvalue weighted by Crippen LogP contribution is 2.43. The van der Waals surface area contributed by atoms with Crippen LogP contribution in [0.2, 0.25) is 0 Å². The Balaban J connectivity index is 1.28. The van der Waals surface area contributed by atoms with Gasteiger partial charge < -0.3 is 18.8 Å². The minimum absolute atomic E-state index is 0.0237. The van der Waals surface area contributed by atoms with Crippen LogP contribution in [0.1, 0.15) is 63.0 Å². The number of aromatic nitrogens is 1. The van der Waals surface area contributed by atoms with Gasteiger partial charge in [0.25, 0.3) is 0 Å². The van der Waals surface area contributed by atoms with Gasteiger partial charge in [0, 0.05) is 42.6 Å². The van der Waals surface area contributed by atoms with E-state index >= 15 is 0 Å². The summed E-state index contributed by atoms with van der Waals surface area (Å²) in [7, 11) is -3.60. The summed E-state index contributed by atoms with van der Waals surface area (Å²) in [5.74, 6) is 2.12. The number of sulfonamides is 1. The van der Waals surface area contributed by atoms with Crippen LogP contribution in [0.5, 0.6) is 5.75 Å². The van der Waals surface area contributed by atoms with Crippen LogP contribution in [0.15, 0.2) is 42.5 Å². The lowest BCUT2D eigenvalue weighted by molar-refractivity contribution is 0.0256. The van der Waals surface area contributed by atoms with Gasteiger partial charge in [0.1, 0.15) is 23.7 Å². The molecule has 39 heavy (non-hydrogen) atoms. The Hall–Kier alpha value is -3.06. The Morgan fingerprint density at radius 2 is 1.82 bits per heavy atom. The molecule has 3 heterocycles. The second-order valence-corrected chi connectivity index (χ2v) is 12.3. The van der Waals surface area contributed by atoms with Gasteiger partial charge in [-0.05, 0) is 68.4 Å². The van der Waals surface area contributed by atoms with Crippen molar-refractivity contribution in [1.82, 2.24) is 4.57 Å². The normalized spacial score (nSPS) is 20.5. The summed E-state index contributed by atoms with van der Waals surface area (Å²) in [6.45, 7) is 2.13. The number of nitrogens with zero attached hydrogens (tertiary/aromatic N) is 2. The van der Waals surface area contributed by atoms with E-state index in [0.29, 0.717) is 43.5 Å². The summed E-state index contributed by atoms with van der Waals surface area (Å²) >= 11 is 0. The molecule has 1 unspecified atom stereocenters. The van der Waals surface area contributed by atoms with E-state index in [0.717, 1.165) is 72.9 Å². The number of ether oxygens (including phenoxy) is 3. The van der Waals surface area contributed by atoms with Crippen LogP contribution in [-0.2, 0) is 19.5 Å². The third kappa shape index (κ3) is 5.65. The van der Waals surface area contributed by atoms with Crippen molar-refractivity contribution in [3.05, 3.63) is 53.8 Å². The summed E-state index contributed by atoms with van der Waals surface area (Å²) in [5.41, 5.74) is 3.88. The third-order valence-corrected chi connectivity index (χ3v) is 9.17. The maximum Gasteiger partial charge on any atom is 0.237 e. The number of nitriles is 1. The Labute approximate surface area is 229 Å². The number of hydrogen-bond donors (Lipinski definition) is 1. The van der Waals surface area contributed by atoms with Crippen LogP contribution in [-0.4, -0.2) is 45.0 Å². The van der Waals surface area contributed by atoms with E-state index in [9.17, 15) is 13.7 Å². The first kappa shape index (κ1) is 26.2. The number of nitrogens with one attached hydrogen (secondary N) is 1. The lowest BCUT2D eigenvalue weighted by Gasteiger charge is -2.30. The van der Waals surface area contributed by atoms with Crippen molar-refractivity contribution in [1.29, 1.82) is 5.26 Å². The first-order valence-electron chi connectivity index (χ1n) is 13.9. The molecule has 1 aliphatic carbocycles. The van der Waals surface area contributed by atoms with Crippen molar-refractivity contribution in [3.8, 4) is 23.1 Å². The molecule has 0 bridgehead atoms. The standard InChI is InChI=1S/C30H34N3O5S/c31-20-28-27-11-10-26(38-25-12-16-36-17-13-25)19-29(27)33(23-3-1-4-23)30(28)21-6-8-22(9-7-21)32-39(34,35)18-14-24-5-2-15-37-24/h6-11,18-19,23-25,32H,1-5,12-17H2. The molecule has 1 aromatic heterocycles. The maximum absolute atomic E-state index is 12.6. The van der Waals surface area contributed by atoms with Gasteiger partial charge >= 0.3 is 0 Å². The maximum atomic E-state index is 12.6. The topological polar surface area (TPSA) is 103 Å². The van der Waals surface area contributed by atoms with Crippen LogP contribution in [0, 0.1) is 17.1 Å². The van der Waals surface area contributed by atoms with Gasteiger partial charge in [-0.15, -0.1) is 0 Å². The fourth-order valence-electron chi connectivity index (χ4n) is 5.74. The van der Waals surface area contributed by atoms with E-state index < -0.39 is 10.0 Å². The zero-order valence-corrected chi connectivity index (χ0v) is 22.8. The fraction of sp³-hybridized carbons (Fsp3) is 0.467. The van der Waals surface area contributed by atoms with Crippen molar-refractivity contribution < 1.29 is 22.6 Å². The van der Waals surface area contributed by atoms with Crippen LogP contribution in [0.3, 0.4) is 0 Å². The lowest BCUT2D eigenvalue weighted by Crippen LogP contribution is -2.25. The molecule has 205 valence electrons. The molecule has 3 aromatic rings. The minimum Gasteiger partial charge on any atom is -0.490 e. The molecule has 0 spiro atoms. The summed E-state index contributed by atoms with van der Waals surface area (Å²) in [6.07, 6.45) is 7.38. The second-order valence-electron chi connectivity index (χ2n) is 10.7. The molecule has 2 aromatic carbocycles.